The van der Waals surface area contributed by atoms with Crippen molar-refractivity contribution in [3.05, 3.63) is 59.4 Å². The molecule has 0 bridgehead atoms. The van der Waals surface area contributed by atoms with Gasteiger partial charge in [0.05, 0.1) is 25.3 Å². The van der Waals surface area contributed by atoms with Gasteiger partial charge in [0, 0.05) is 38.0 Å². The van der Waals surface area contributed by atoms with Crippen molar-refractivity contribution in [3.8, 4) is 17.6 Å². The van der Waals surface area contributed by atoms with E-state index in [0.29, 0.717) is 81.0 Å². The number of nitrogens with one attached hydrogen (secondary N) is 1. The minimum absolute atomic E-state index is 0.0341. The van der Waals surface area contributed by atoms with Gasteiger partial charge in [0.2, 0.25) is 11.8 Å². The lowest BCUT2D eigenvalue weighted by molar-refractivity contribution is -0.135. The lowest BCUT2D eigenvalue weighted by Gasteiger charge is -2.31. The molecule has 1 aliphatic rings. The number of hydrogen-bond acceptors (Lipinski definition) is 5. The van der Waals surface area contributed by atoms with Crippen LogP contribution in [-0.2, 0) is 16.0 Å². The van der Waals surface area contributed by atoms with Gasteiger partial charge in [-0.3, -0.25) is 9.59 Å². The molecule has 1 N–H and O–H groups in total. The van der Waals surface area contributed by atoms with Crippen molar-refractivity contribution in [2.24, 2.45) is 5.92 Å². The largest absolute Gasteiger partial charge is 0.493 e. The summed E-state index contributed by atoms with van der Waals surface area (Å²) in [4.78, 5) is 26.8. The zero-order valence-corrected chi connectivity index (χ0v) is 19.4. The van der Waals surface area contributed by atoms with Gasteiger partial charge in [0.15, 0.2) is 11.5 Å². The van der Waals surface area contributed by atoms with Crippen LogP contribution in [0.15, 0.2) is 42.5 Å². The molecule has 3 rings (SSSR count). The molecule has 0 atom stereocenters. The molecule has 34 heavy (non-hydrogen) atoms. The molecule has 0 radical (unpaired) electrons. The van der Waals surface area contributed by atoms with Crippen molar-refractivity contribution in [2.45, 2.75) is 32.1 Å². The quantitative estimate of drug-likeness (QED) is 0.541. The fourth-order valence-corrected chi connectivity index (χ4v) is 3.98. The predicted molar refractivity (Wildman–Crippen MR) is 125 cm³/mol. The van der Waals surface area contributed by atoms with Crippen LogP contribution in [0.2, 0.25) is 0 Å². The summed E-state index contributed by atoms with van der Waals surface area (Å²) in [7, 11) is 1.51. The Kier molecular flexibility index (Phi) is 9.27. The molecule has 0 saturated carbocycles. The van der Waals surface area contributed by atoms with Crippen LogP contribution in [-0.4, -0.2) is 50.1 Å². The smallest absolute Gasteiger partial charge is 0.223 e. The Morgan fingerprint density at radius 3 is 2.65 bits per heavy atom. The van der Waals surface area contributed by atoms with Crippen molar-refractivity contribution in [1.29, 1.82) is 5.26 Å². The Balaban J connectivity index is 1.33. The number of nitriles is 1. The molecule has 0 aliphatic carbocycles. The average molecular weight is 468 g/mol. The number of carbonyl (C=O) groups is 2. The molecule has 8 heteroatoms. The van der Waals surface area contributed by atoms with E-state index in [4.69, 9.17) is 14.7 Å². The second-order valence-electron chi connectivity index (χ2n) is 8.22. The summed E-state index contributed by atoms with van der Waals surface area (Å²) in [6, 6.07) is 13.6. The van der Waals surface area contributed by atoms with Crippen molar-refractivity contribution in [3.63, 3.8) is 0 Å². The number of methoxy groups -OCH3 is 1. The molecule has 180 valence electrons. The van der Waals surface area contributed by atoms with Gasteiger partial charge in [-0.1, -0.05) is 18.2 Å². The van der Waals surface area contributed by atoms with Crippen LogP contribution in [0.5, 0.6) is 11.5 Å². The minimum Gasteiger partial charge on any atom is -0.493 e. The number of halogens is 1. The number of rotatable bonds is 10. The third-order valence-corrected chi connectivity index (χ3v) is 5.96. The van der Waals surface area contributed by atoms with Crippen LogP contribution >= 0.6 is 0 Å². The van der Waals surface area contributed by atoms with Crippen molar-refractivity contribution >= 4 is 11.8 Å². The van der Waals surface area contributed by atoms with E-state index < -0.39 is 0 Å². The molecule has 0 unspecified atom stereocenters. The number of nitrogens with zero attached hydrogens (tertiary/aromatic N) is 2. The summed E-state index contributed by atoms with van der Waals surface area (Å²) in [5.74, 6) is 0.652. The van der Waals surface area contributed by atoms with Gasteiger partial charge in [0.1, 0.15) is 5.82 Å². The van der Waals surface area contributed by atoms with Gasteiger partial charge >= 0.3 is 0 Å². The van der Waals surface area contributed by atoms with Crippen LogP contribution < -0.4 is 14.8 Å². The zero-order valence-electron chi connectivity index (χ0n) is 19.4. The first kappa shape index (κ1) is 25.0. The normalized spacial score (nSPS) is 13.7. The number of carbonyl (C=O) groups excluding carboxylic acids is 2. The second-order valence-corrected chi connectivity index (χ2v) is 8.22. The molecule has 1 fully saturated rings. The Labute approximate surface area is 199 Å². The molecule has 2 aromatic carbocycles. The molecular weight excluding hydrogens is 437 g/mol. The molecule has 2 amide bonds. The van der Waals surface area contributed by atoms with Crippen LogP contribution in [0.4, 0.5) is 4.39 Å². The highest BCUT2D eigenvalue weighted by Crippen LogP contribution is 2.28. The number of hydrogen-bond donors (Lipinski definition) is 1. The van der Waals surface area contributed by atoms with Gasteiger partial charge in [0.25, 0.3) is 0 Å². The fraction of sp³-hybridized carbons (Fsp3) is 0.423. The standard InChI is InChI=1S/C26H30FN3O4/c1-33-24-17-19(18-28)8-9-23(24)34-16-4-7-25(31)30-14-11-21(12-15-30)26(32)29-13-10-20-5-2-3-6-22(20)27/h2-3,5-6,8-9,17,21H,4,7,10-16H2,1H3,(H,29,32). The summed E-state index contributed by atoms with van der Waals surface area (Å²) < 4.78 is 24.6. The van der Waals surface area contributed by atoms with Gasteiger partial charge in [-0.2, -0.15) is 5.26 Å². The predicted octanol–water partition coefficient (Wildman–Crippen LogP) is 3.46. The van der Waals surface area contributed by atoms with Gasteiger partial charge in [-0.25, -0.2) is 4.39 Å². The summed E-state index contributed by atoms with van der Waals surface area (Å²) in [6.45, 7) is 1.85. The summed E-state index contributed by atoms with van der Waals surface area (Å²) in [5, 5.41) is 11.9. The van der Waals surface area contributed by atoms with Crippen LogP contribution in [0, 0.1) is 23.1 Å². The minimum atomic E-state index is -0.259. The molecule has 2 aromatic rings. The van der Waals surface area contributed by atoms with Crippen LogP contribution in [0.3, 0.4) is 0 Å². The van der Waals surface area contributed by atoms with E-state index in [1.807, 2.05) is 0 Å². The Bertz CT molecular complexity index is 1030. The Morgan fingerprint density at radius 2 is 1.94 bits per heavy atom. The van der Waals surface area contributed by atoms with E-state index in [9.17, 15) is 14.0 Å². The fourth-order valence-electron chi connectivity index (χ4n) is 3.98. The number of piperidine rings is 1. The number of benzene rings is 2. The lowest BCUT2D eigenvalue weighted by atomic mass is 9.95. The zero-order chi connectivity index (χ0) is 24.3. The number of likely N-dealkylation sites (tertiary alicyclic amines) is 1. The van der Waals surface area contributed by atoms with E-state index >= 15 is 0 Å². The SMILES string of the molecule is COc1cc(C#N)ccc1OCCCC(=O)N1CCC(C(=O)NCCc2ccccc2F)CC1. The first-order chi connectivity index (χ1) is 16.5. The number of ether oxygens (including phenoxy) is 2. The van der Waals surface area contributed by atoms with Gasteiger partial charge in [-0.05, 0) is 49.4 Å². The third-order valence-electron chi connectivity index (χ3n) is 5.96. The van der Waals surface area contributed by atoms with E-state index in [1.54, 1.807) is 41.3 Å². The highest BCUT2D eigenvalue weighted by atomic mass is 19.1. The molecule has 1 heterocycles. The highest BCUT2D eigenvalue weighted by Gasteiger charge is 2.27. The summed E-state index contributed by atoms with van der Waals surface area (Å²) >= 11 is 0. The number of amides is 2. The van der Waals surface area contributed by atoms with Crippen molar-refractivity contribution in [1.82, 2.24) is 10.2 Å². The van der Waals surface area contributed by atoms with E-state index in [0.717, 1.165) is 0 Å². The maximum Gasteiger partial charge on any atom is 0.223 e. The summed E-state index contributed by atoms with van der Waals surface area (Å²) in [5.41, 5.74) is 1.08. The maximum absolute atomic E-state index is 13.7. The van der Waals surface area contributed by atoms with E-state index in [1.165, 1.54) is 13.2 Å². The maximum atomic E-state index is 13.7. The molecular formula is C26H30FN3O4. The van der Waals surface area contributed by atoms with Crippen LogP contribution in [0.25, 0.3) is 0 Å². The first-order valence-electron chi connectivity index (χ1n) is 11.5. The van der Waals surface area contributed by atoms with Crippen LogP contribution in [0.1, 0.15) is 36.8 Å². The van der Waals surface area contributed by atoms with Gasteiger partial charge in [-0.15, -0.1) is 0 Å². The molecule has 1 aliphatic heterocycles. The first-order valence-corrected chi connectivity index (χ1v) is 11.5. The topological polar surface area (TPSA) is 91.7 Å². The molecule has 0 aromatic heterocycles. The second kappa shape index (κ2) is 12.6. The van der Waals surface area contributed by atoms with E-state index in [2.05, 4.69) is 11.4 Å². The highest BCUT2D eigenvalue weighted by molar-refractivity contribution is 5.80. The monoisotopic (exact) mass is 467 g/mol. The molecule has 0 spiro atoms. The van der Waals surface area contributed by atoms with Crippen molar-refractivity contribution in [2.75, 3.05) is 33.4 Å². The average Bonchev–Trinajstić information content (AvgIpc) is 2.87. The Hall–Kier alpha value is -3.60. The molecule has 7 nitrogen and oxygen atoms in total. The Morgan fingerprint density at radius 1 is 1.18 bits per heavy atom. The molecule has 1 saturated heterocycles. The third kappa shape index (κ3) is 6.95. The van der Waals surface area contributed by atoms with Gasteiger partial charge < -0.3 is 19.7 Å². The van der Waals surface area contributed by atoms with Crippen molar-refractivity contribution < 1.29 is 23.5 Å². The summed E-state index contributed by atoms with van der Waals surface area (Å²) in [6.07, 6.45) is 2.61. The van der Waals surface area contributed by atoms with E-state index in [-0.39, 0.29) is 23.5 Å². The lowest BCUT2D eigenvalue weighted by Crippen LogP contribution is -2.43.